The van der Waals surface area contributed by atoms with E-state index in [1.165, 1.54) is 0 Å². The van der Waals surface area contributed by atoms with Crippen LogP contribution < -0.4 is 0 Å². The highest BCUT2D eigenvalue weighted by molar-refractivity contribution is 9.10. The van der Waals surface area contributed by atoms with Crippen LogP contribution in [0.15, 0.2) is 16.9 Å². The molecule has 1 aromatic heterocycles. The normalized spacial score (nSPS) is 9.56. The summed E-state index contributed by atoms with van der Waals surface area (Å²) in [5.41, 5.74) is 1.08. The smallest absolute Gasteiger partial charge is 0.129 e. The summed E-state index contributed by atoms with van der Waals surface area (Å²) >= 11 is 3.21. The van der Waals surface area contributed by atoms with Crippen LogP contribution in [0.5, 0.6) is 0 Å². The molecule has 0 fully saturated rings. The summed E-state index contributed by atoms with van der Waals surface area (Å²) in [5.74, 6) is 0. The zero-order chi connectivity index (χ0) is 6.69. The lowest BCUT2D eigenvalue weighted by Crippen LogP contribution is -1.84. The second-order valence-electron chi connectivity index (χ2n) is 1.60. The van der Waals surface area contributed by atoms with Crippen molar-refractivity contribution in [1.29, 1.82) is 0 Å². The molecule has 0 bridgehead atoms. The van der Waals surface area contributed by atoms with Gasteiger partial charge in [-0.15, -0.1) is 5.10 Å². The van der Waals surface area contributed by atoms with Crippen molar-refractivity contribution in [3.63, 3.8) is 0 Å². The van der Waals surface area contributed by atoms with Crippen LogP contribution in [0.25, 0.3) is 0 Å². The SMILES string of the molecule is C[CH]c1cnnc(Br)c1. The highest BCUT2D eigenvalue weighted by Crippen LogP contribution is 2.06. The molecule has 1 heterocycles. The van der Waals surface area contributed by atoms with Crippen molar-refractivity contribution in [2.75, 3.05) is 0 Å². The molecule has 47 valence electrons. The maximum atomic E-state index is 3.73. The topological polar surface area (TPSA) is 25.8 Å². The molecule has 9 heavy (non-hydrogen) atoms. The monoisotopic (exact) mass is 185 g/mol. The van der Waals surface area contributed by atoms with Gasteiger partial charge < -0.3 is 0 Å². The van der Waals surface area contributed by atoms with Crippen LogP contribution in [0.1, 0.15) is 12.5 Å². The Morgan fingerprint density at radius 1 is 1.67 bits per heavy atom. The summed E-state index contributed by atoms with van der Waals surface area (Å²) < 4.78 is 0.776. The van der Waals surface area contributed by atoms with E-state index in [-0.39, 0.29) is 0 Å². The van der Waals surface area contributed by atoms with E-state index in [9.17, 15) is 0 Å². The van der Waals surface area contributed by atoms with Gasteiger partial charge in [-0.25, -0.2) is 0 Å². The van der Waals surface area contributed by atoms with Gasteiger partial charge in [-0.05, 0) is 34.0 Å². The Hall–Kier alpha value is -0.440. The molecular formula is C6H6BrN2. The molecule has 0 saturated carbocycles. The fourth-order valence-electron chi connectivity index (χ4n) is 0.512. The number of nitrogens with zero attached hydrogens (tertiary/aromatic N) is 2. The van der Waals surface area contributed by atoms with E-state index in [1.807, 2.05) is 19.4 Å². The van der Waals surface area contributed by atoms with Crippen molar-refractivity contribution in [3.05, 3.63) is 28.9 Å². The van der Waals surface area contributed by atoms with Crippen LogP contribution in [0.4, 0.5) is 0 Å². The lowest BCUT2D eigenvalue weighted by molar-refractivity contribution is 0.991. The van der Waals surface area contributed by atoms with Gasteiger partial charge in [0.05, 0.1) is 6.20 Å². The second-order valence-corrected chi connectivity index (χ2v) is 2.41. The van der Waals surface area contributed by atoms with Crippen LogP contribution in [0.3, 0.4) is 0 Å². The van der Waals surface area contributed by atoms with Crippen LogP contribution in [0.2, 0.25) is 0 Å². The molecule has 0 aliphatic rings. The predicted molar refractivity (Wildman–Crippen MR) is 38.8 cm³/mol. The van der Waals surface area contributed by atoms with E-state index in [0.717, 1.165) is 10.2 Å². The number of rotatable bonds is 1. The minimum Gasteiger partial charge on any atom is -0.158 e. The zero-order valence-corrected chi connectivity index (χ0v) is 6.59. The molecule has 0 saturated heterocycles. The van der Waals surface area contributed by atoms with Gasteiger partial charge in [0.15, 0.2) is 0 Å². The summed E-state index contributed by atoms with van der Waals surface area (Å²) in [7, 11) is 0. The Morgan fingerprint density at radius 3 is 2.89 bits per heavy atom. The van der Waals surface area contributed by atoms with Crippen molar-refractivity contribution in [1.82, 2.24) is 10.2 Å². The highest BCUT2D eigenvalue weighted by Gasteiger charge is 1.90. The van der Waals surface area contributed by atoms with Crippen LogP contribution >= 0.6 is 15.9 Å². The standard InChI is InChI=1S/C6H6BrN2/c1-2-5-3-6(7)9-8-4-5/h2-4H,1H3. The molecule has 2 nitrogen and oxygen atoms in total. The van der Waals surface area contributed by atoms with Crippen LogP contribution in [0, 0.1) is 6.42 Å². The average molecular weight is 186 g/mol. The first kappa shape index (κ1) is 6.68. The molecular weight excluding hydrogens is 180 g/mol. The first-order valence-corrected chi connectivity index (χ1v) is 3.40. The lowest BCUT2D eigenvalue weighted by Gasteiger charge is -1.91. The van der Waals surface area contributed by atoms with Gasteiger partial charge in [-0.3, -0.25) is 0 Å². The van der Waals surface area contributed by atoms with Gasteiger partial charge in [0.1, 0.15) is 4.60 Å². The second kappa shape index (κ2) is 2.92. The molecule has 0 N–H and O–H groups in total. The van der Waals surface area contributed by atoms with Crippen molar-refractivity contribution < 1.29 is 0 Å². The van der Waals surface area contributed by atoms with Gasteiger partial charge in [-0.1, -0.05) is 6.92 Å². The molecule has 0 unspecified atom stereocenters. The number of hydrogen-bond acceptors (Lipinski definition) is 2. The minimum atomic E-state index is 0.776. The minimum absolute atomic E-state index is 0.776. The van der Waals surface area contributed by atoms with E-state index in [0.29, 0.717) is 0 Å². The van der Waals surface area contributed by atoms with Gasteiger partial charge in [0.25, 0.3) is 0 Å². The third-order valence-corrected chi connectivity index (χ3v) is 1.37. The molecule has 0 aliphatic carbocycles. The van der Waals surface area contributed by atoms with Gasteiger partial charge in [-0.2, -0.15) is 5.10 Å². The molecule has 0 aromatic carbocycles. The van der Waals surface area contributed by atoms with Gasteiger partial charge in [0.2, 0.25) is 0 Å². The van der Waals surface area contributed by atoms with E-state index in [2.05, 4.69) is 26.1 Å². The fraction of sp³-hybridized carbons (Fsp3) is 0.167. The first-order chi connectivity index (χ1) is 4.33. The fourth-order valence-corrected chi connectivity index (χ4v) is 0.868. The molecule has 1 radical (unpaired) electrons. The third kappa shape index (κ3) is 1.75. The maximum absolute atomic E-state index is 3.73. The third-order valence-electron chi connectivity index (χ3n) is 0.979. The molecule has 1 aromatic rings. The quantitative estimate of drug-likeness (QED) is 0.668. The molecule has 0 aliphatic heterocycles. The molecule has 0 spiro atoms. The Bertz CT molecular complexity index is 200. The lowest BCUT2D eigenvalue weighted by atomic mass is 10.2. The van der Waals surface area contributed by atoms with Crippen molar-refractivity contribution in [2.24, 2.45) is 0 Å². The van der Waals surface area contributed by atoms with Crippen molar-refractivity contribution in [3.8, 4) is 0 Å². The summed E-state index contributed by atoms with van der Waals surface area (Å²) in [5, 5.41) is 7.46. The van der Waals surface area contributed by atoms with Crippen molar-refractivity contribution in [2.45, 2.75) is 6.92 Å². The number of aromatic nitrogens is 2. The van der Waals surface area contributed by atoms with E-state index >= 15 is 0 Å². The molecule has 0 atom stereocenters. The number of halogens is 1. The summed E-state index contributed by atoms with van der Waals surface area (Å²) in [6, 6.07) is 1.91. The maximum Gasteiger partial charge on any atom is 0.129 e. The van der Waals surface area contributed by atoms with E-state index < -0.39 is 0 Å². The highest BCUT2D eigenvalue weighted by atomic mass is 79.9. The summed E-state index contributed by atoms with van der Waals surface area (Å²) in [6.07, 6.45) is 3.68. The largest absolute Gasteiger partial charge is 0.158 e. The summed E-state index contributed by atoms with van der Waals surface area (Å²) in [6.45, 7) is 1.96. The first-order valence-electron chi connectivity index (χ1n) is 2.60. The number of hydrogen-bond donors (Lipinski definition) is 0. The van der Waals surface area contributed by atoms with E-state index in [4.69, 9.17) is 0 Å². The van der Waals surface area contributed by atoms with Crippen LogP contribution in [-0.2, 0) is 0 Å². The molecule has 3 heteroatoms. The zero-order valence-electron chi connectivity index (χ0n) is 5.00. The Morgan fingerprint density at radius 2 is 2.44 bits per heavy atom. The Kier molecular flexibility index (Phi) is 2.16. The molecule has 1 rings (SSSR count). The van der Waals surface area contributed by atoms with Crippen molar-refractivity contribution >= 4 is 15.9 Å². The molecule has 0 amide bonds. The van der Waals surface area contributed by atoms with Gasteiger partial charge in [0, 0.05) is 0 Å². The van der Waals surface area contributed by atoms with Crippen LogP contribution in [-0.4, -0.2) is 10.2 Å². The Labute approximate surface area is 62.4 Å². The average Bonchev–Trinajstić information content (AvgIpc) is 1.88. The Balaban J connectivity index is 2.94. The summed E-state index contributed by atoms with van der Waals surface area (Å²) in [4.78, 5) is 0. The van der Waals surface area contributed by atoms with Gasteiger partial charge >= 0.3 is 0 Å². The van der Waals surface area contributed by atoms with E-state index in [1.54, 1.807) is 6.20 Å². The predicted octanol–water partition coefficient (Wildman–Crippen LogP) is 1.81.